The number of hydrogen-bond donors (Lipinski definition) is 2. The molecule has 2 heterocycles. The summed E-state index contributed by atoms with van der Waals surface area (Å²) in [7, 11) is -4.01. The molecular formula is C28H35N5O5S. The molecule has 0 bridgehead atoms. The molecule has 1 aliphatic rings. The average Bonchev–Trinajstić information content (AvgIpc) is 2.83. The van der Waals surface area contributed by atoms with Crippen LogP contribution in [0.25, 0.3) is 11.3 Å². The van der Waals surface area contributed by atoms with E-state index >= 15 is 0 Å². The normalized spacial score (nSPS) is 14.6. The van der Waals surface area contributed by atoms with Gasteiger partial charge in [0.2, 0.25) is 11.8 Å². The number of likely N-dealkylation sites (tertiary alicyclic amines) is 1. The van der Waals surface area contributed by atoms with E-state index in [0.29, 0.717) is 37.3 Å². The highest BCUT2D eigenvalue weighted by Gasteiger charge is 2.28. The summed E-state index contributed by atoms with van der Waals surface area (Å²) < 4.78 is 40.4. The molecule has 4 rings (SSSR count). The van der Waals surface area contributed by atoms with Gasteiger partial charge >= 0.3 is 6.09 Å². The maximum atomic E-state index is 13.1. The third-order valence-electron chi connectivity index (χ3n) is 6.22. The first-order valence-corrected chi connectivity index (χ1v) is 14.3. The Morgan fingerprint density at radius 2 is 1.67 bits per heavy atom. The Bertz CT molecular complexity index is 1440. The topological polar surface area (TPSA) is 137 Å². The molecule has 10 nitrogen and oxygen atoms in total. The molecular weight excluding hydrogens is 518 g/mol. The smallest absolute Gasteiger partial charge is 0.410 e. The van der Waals surface area contributed by atoms with Crippen LogP contribution in [0.3, 0.4) is 0 Å². The zero-order valence-electron chi connectivity index (χ0n) is 22.9. The fourth-order valence-corrected chi connectivity index (χ4v) is 5.39. The van der Waals surface area contributed by atoms with Crippen molar-refractivity contribution in [1.82, 2.24) is 14.9 Å². The van der Waals surface area contributed by atoms with Gasteiger partial charge in [0, 0.05) is 43.2 Å². The minimum absolute atomic E-state index is 0.000517. The average molecular weight is 554 g/mol. The van der Waals surface area contributed by atoms with Crippen molar-refractivity contribution in [3.63, 3.8) is 0 Å². The number of benzene rings is 2. The standard InChI is InChI=1S/C28H35N5O5S/c1-18-8-6-9-19(2)25(18)23-17-24(37-21-12-14-33(15-13-21)27(34)38-28(3,4)5)31-26(30-23)32-39(35,36)22-11-7-10-20(29)16-22/h6-11,16-17,21H,12-15,29H2,1-5H3,(H,30,31,32). The summed E-state index contributed by atoms with van der Waals surface area (Å²) in [6.45, 7) is 10.4. The molecule has 3 aromatic rings. The minimum atomic E-state index is -4.01. The van der Waals surface area contributed by atoms with Gasteiger partial charge in [0.05, 0.1) is 10.6 Å². The fraction of sp³-hybridized carbons (Fsp3) is 0.393. The Kier molecular flexibility index (Phi) is 8.01. The highest BCUT2D eigenvalue weighted by molar-refractivity contribution is 7.92. The van der Waals surface area contributed by atoms with E-state index in [1.54, 1.807) is 23.1 Å². The Balaban J connectivity index is 1.60. The third-order valence-corrected chi connectivity index (χ3v) is 7.54. The van der Waals surface area contributed by atoms with Crippen LogP contribution in [0.5, 0.6) is 5.88 Å². The number of nitrogens with zero attached hydrogens (tertiary/aromatic N) is 3. The summed E-state index contributed by atoms with van der Waals surface area (Å²) in [5.41, 5.74) is 8.92. The molecule has 3 N–H and O–H groups in total. The Morgan fingerprint density at radius 3 is 2.28 bits per heavy atom. The molecule has 0 radical (unpaired) electrons. The van der Waals surface area contributed by atoms with Crippen LogP contribution < -0.4 is 15.2 Å². The van der Waals surface area contributed by atoms with Crippen molar-refractivity contribution >= 4 is 27.8 Å². The van der Waals surface area contributed by atoms with Crippen molar-refractivity contribution in [3.8, 4) is 17.1 Å². The van der Waals surface area contributed by atoms with Gasteiger partial charge in [-0.25, -0.2) is 22.9 Å². The number of nitrogens with two attached hydrogens (primary N) is 1. The van der Waals surface area contributed by atoms with Crippen molar-refractivity contribution in [1.29, 1.82) is 0 Å². The Labute approximate surface area is 229 Å². The molecule has 1 saturated heterocycles. The quantitative estimate of drug-likeness (QED) is 0.410. The summed E-state index contributed by atoms with van der Waals surface area (Å²) in [5.74, 6) is 0.127. The molecule has 0 atom stereocenters. The Hall–Kier alpha value is -3.86. The van der Waals surface area contributed by atoms with E-state index in [2.05, 4.69) is 14.7 Å². The molecule has 1 amide bonds. The number of rotatable bonds is 6. The molecule has 1 aromatic heterocycles. The van der Waals surface area contributed by atoms with E-state index < -0.39 is 15.6 Å². The van der Waals surface area contributed by atoms with E-state index in [0.717, 1.165) is 16.7 Å². The number of nitrogens with one attached hydrogen (secondary N) is 1. The highest BCUT2D eigenvalue weighted by atomic mass is 32.2. The molecule has 0 saturated carbocycles. The van der Waals surface area contributed by atoms with Crippen LogP contribution in [-0.2, 0) is 14.8 Å². The number of amides is 1. The lowest BCUT2D eigenvalue weighted by atomic mass is 10.00. The number of piperidine rings is 1. The largest absolute Gasteiger partial charge is 0.474 e. The van der Waals surface area contributed by atoms with Crippen LogP contribution in [0.4, 0.5) is 16.4 Å². The van der Waals surface area contributed by atoms with Gasteiger partial charge in [-0.2, -0.15) is 4.98 Å². The number of ether oxygens (including phenoxy) is 2. The molecule has 0 aliphatic carbocycles. The zero-order valence-corrected chi connectivity index (χ0v) is 23.7. The van der Waals surface area contributed by atoms with Gasteiger partial charge in [-0.3, -0.25) is 0 Å². The maximum Gasteiger partial charge on any atom is 0.410 e. The van der Waals surface area contributed by atoms with Gasteiger partial charge < -0.3 is 20.1 Å². The second-order valence-electron chi connectivity index (χ2n) is 10.6. The minimum Gasteiger partial charge on any atom is -0.474 e. The molecule has 39 heavy (non-hydrogen) atoms. The lowest BCUT2D eigenvalue weighted by molar-refractivity contribution is 0.0123. The first kappa shape index (κ1) is 28.2. The monoisotopic (exact) mass is 553 g/mol. The van der Waals surface area contributed by atoms with Crippen molar-refractivity contribution in [2.45, 2.75) is 64.1 Å². The molecule has 2 aromatic carbocycles. The van der Waals surface area contributed by atoms with Crippen LogP contribution in [0.1, 0.15) is 44.7 Å². The lowest BCUT2D eigenvalue weighted by Crippen LogP contribution is -2.44. The van der Waals surface area contributed by atoms with Gasteiger partial charge in [-0.15, -0.1) is 0 Å². The predicted molar refractivity (Wildman–Crippen MR) is 150 cm³/mol. The molecule has 1 fully saturated rings. The van der Waals surface area contributed by atoms with Crippen molar-refractivity contribution in [3.05, 3.63) is 59.7 Å². The number of carbonyl (C=O) groups is 1. The SMILES string of the molecule is Cc1cccc(C)c1-c1cc(OC2CCN(C(=O)OC(C)(C)C)CC2)nc(NS(=O)(=O)c2cccc(N)c2)n1. The van der Waals surface area contributed by atoms with Crippen LogP contribution in [0.15, 0.2) is 53.4 Å². The van der Waals surface area contributed by atoms with E-state index in [1.165, 1.54) is 12.1 Å². The number of hydrogen-bond acceptors (Lipinski definition) is 8. The summed E-state index contributed by atoms with van der Waals surface area (Å²) in [6, 6.07) is 13.6. The van der Waals surface area contributed by atoms with Gasteiger partial charge in [0.25, 0.3) is 10.0 Å². The van der Waals surface area contributed by atoms with Crippen LogP contribution in [0.2, 0.25) is 0 Å². The first-order valence-electron chi connectivity index (χ1n) is 12.8. The van der Waals surface area contributed by atoms with E-state index in [-0.39, 0.29) is 28.9 Å². The van der Waals surface area contributed by atoms with Crippen molar-refractivity contribution in [2.24, 2.45) is 0 Å². The first-order chi connectivity index (χ1) is 18.3. The number of sulfonamides is 1. The fourth-order valence-electron chi connectivity index (χ4n) is 4.39. The highest BCUT2D eigenvalue weighted by Crippen LogP contribution is 2.30. The molecule has 0 unspecified atom stereocenters. The summed E-state index contributed by atoms with van der Waals surface area (Å²) >= 11 is 0. The van der Waals surface area contributed by atoms with E-state index in [9.17, 15) is 13.2 Å². The molecule has 11 heteroatoms. The van der Waals surface area contributed by atoms with Gasteiger partial charge in [-0.05, 0) is 63.9 Å². The van der Waals surface area contributed by atoms with Gasteiger partial charge in [0.1, 0.15) is 11.7 Å². The number of aryl methyl sites for hydroxylation is 2. The molecule has 1 aliphatic heterocycles. The second kappa shape index (κ2) is 11.1. The zero-order chi connectivity index (χ0) is 28.4. The summed E-state index contributed by atoms with van der Waals surface area (Å²) in [5, 5.41) is 0. The number of anilines is 2. The van der Waals surface area contributed by atoms with Crippen LogP contribution in [0, 0.1) is 13.8 Å². The molecule has 0 spiro atoms. The van der Waals surface area contributed by atoms with E-state index in [1.807, 2.05) is 52.8 Å². The predicted octanol–water partition coefficient (Wildman–Crippen LogP) is 4.92. The van der Waals surface area contributed by atoms with Gasteiger partial charge in [-0.1, -0.05) is 24.3 Å². The van der Waals surface area contributed by atoms with E-state index in [4.69, 9.17) is 15.2 Å². The second-order valence-corrected chi connectivity index (χ2v) is 12.3. The van der Waals surface area contributed by atoms with Crippen LogP contribution >= 0.6 is 0 Å². The lowest BCUT2D eigenvalue weighted by Gasteiger charge is -2.33. The Morgan fingerprint density at radius 1 is 1.03 bits per heavy atom. The van der Waals surface area contributed by atoms with Crippen molar-refractivity contribution in [2.75, 3.05) is 23.5 Å². The summed E-state index contributed by atoms with van der Waals surface area (Å²) in [4.78, 5) is 23.0. The van der Waals surface area contributed by atoms with Crippen molar-refractivity contribution < 1.29 is 22.7 Å². The number of nitrogen functional groups attached to an aromatic ring is 1. The van der Waals surface area contributed by atoms with Gasteiger partial charge in [0.15, 0.2) is 0 Å². The van der Waals surface area contributed by atoms with Crippen LogP contribution in [-0.4, -0.2) is 54.2 Å². The maximum absolute atomic E-state index is 13.1. The molecule has 208 valence electrons. The number of aromatic nitrogens is 2. The third kappa shape index (κ3) is 7.17. The summed E-state index contributed by atoms with van der Waals surface area (Å²) in [6.07, 6.45) is 0.583. The number of carbonyl (C=O) groups excluding carboxylic acids is 1.